The van der Waals surface area contributed by atoms with E-state index in [1.165, 1.54) is 23.9 Å². The number of hydrogen-bond donors (Lipinski definition) is 0. The SMILES string of the molecule is CSCCc1nc(-c2ccc(=O)n(C)n2)n(C2CCCCC2)n1. The summed E-state index contributed by atoms with van der Waals surface area (Å²) in [6.45, 7) is 0. The zero-order chi connectivity index (χ0) is 16.2. The van der Waals surface area contributed by atoms with Crippen molar-refractivity contribution in [3.63, 3.8) is 0 Å². The number of nitrogens with zero attached hydrogens (tertiary/aromatic N) is 5. The standard InChI is InChI=1S/C16H23N5OS/c1-20-15(22)9-8-13(18-20)16-17-14(10-11-23-2)19-21(16)12-6-4-3-5-7-12/h8-9,12H,3-7,10-11H2,1-2H3. The Hall–Kier alpha value is -1.63. The fourth-order valence-electron chi connectivity index (χ4n) is 3.04. The number of aryl methyl sites for hydroxylation is 2. The summed E-state index contributed by atoms with van der Waals surface area (Å²) < 4.78 is 3.42. The Morgan fingerprint density at radius 2 is 2.00 bits per heavy atom. The molecule has 0 aromatic carbocycles. The van der Waals surface area contributed by atoms with Gasteiger partial charge in [0.25, 0.3) is 5.56 Å². The molecule has 1 aliphatic rings. The molecule has 1 aliphatic carbocycles. The highest BCUT2D eigenvalue weighted by Crippen LogP contribution is 2.30. The molecule has 0 N–H and O–H groups in total. The lowest BCUT2D eigenvalue weighted by molar-refractivity contribution is 0.330. The molecular weight excluding hydrogens is 310 g/mol. The van der Waals surface area contributed by atoms with Gasteiger partial charge in [0, 0.05) is 25.3 Å². The van der Waals surface area contributed by atoms with E-state index < -0.39 is 0 Å². The van der Waals surface area contributed by atoms with E-state index >= 15 is 0 Å². The Kier molecular flexibility index (Phi) is 5.15. The number of thioether (sulfide) groups is 1. The lowest BCUT2D eigenvalue weighted by atomic mass is 9.95. The average molecular weight is 333 g/mol. The highest BCUT2D eigenvalue weighted by Gasteiger charge is 2.22. The highest BCUT2D eigenvalue weighted by atomic mass is 32.2. The van der Waals surface area contributed by atoms with Crippen molar-refractivity contribution in [2.45, 2.75) is 44.6 Å². The monoisotopic (exact) mass is 333 g/mol. The van der Waals surface area contributed by atoms with Gasteiger partial charge in [-0.25, -0.2) is 14.3 Å². The van der Waals surface area contributed by atoms with Gasteiger partial charge >= 0.3 is 0 Å². The normalized spacial score (nSPS) is 15.9. The summed E-state index contributed by atoms with van der Waals surface area (Å²) >= 11 is 1.80. The molecule has 2 aromatic heterocycles. The van der Waals surface area contributed by atoms with E-state index in [1.807, 2.05) is 0 Å². The summed E-state index contributed by atoms with van der Waals surface area (Å²) in [6.07, 6.45) is 9.02. The zero-order valence-electron chi connectivity index (χ0n) is 13.7. The molecule has 0 bridgehead atoms. The molecule has 23 heavy (non-hydrogen) atoms. The molecule has 0 aliphatic heterocycles. The van der Waals surface area contributed by atoms with Crippen LogP contribution in [0.15, 0.2) is 16.9 Å². The van der Waals surface area contributed by atoms with Gasteiger partial charge in [-0.05, 0) is 25.2 Å². The Labute approximate surface area is 140 Å². The van der Waals surface area contributed by atoms with Gasteiger partial charge in [-0.3, -0.25) is 4.79 Å². The fraction of sp³-hybridized carbons (Fsp3) is 0.625. The van der Waals surface area contributed by atoms with Crippen LogP contribution in [0.2, 0.25) is 0 Å². The topological polar surface area (TPSA) is 65.6 Å². The zero-order valence-corrected chi connectivity index (χ0v) is 14.6. The molecule has 0 unspecified atom stereocenters. The maximum atomic E-state index is 11.6. The molecule has 124 valence electrons. The summed E-state index contributed by atoms with van der Waals surface area (Å²) in [5, 5.41) is 9.13. The summed E-state index contributed by atoms with van der Waals surface area (Å²) in [5.41, 5.74) is 0.612. The third kappa shape index (κ3) is 3.65. The minimum Gasteiger partial charge on any atom is -0.268 e. The molecule has 2 aromatic rings. The van der Waals surface area contributed by atoms with E-state index in [1.54, 1.807) is 30.9 Å². The smallest absolute Gasteiger partial charge is 0.266 e. The van der Waals surface area contributed by atoms with E-state index in [9.17, 15) is 4.79 Å². The van der Waals surface area contributed by atoms with Gasteiger partial charge in [-0.1, -0.05) is 19.3 Å². The van der Waals surface area contributed by atoms with Gasteiger partial charge in [0.15, 0.2) is 11.6 Å². The second-order valence-electron chi connectivity index (χ2n) is 6.01. The van der Waals surface area contributed by atoms with Crippen molar-refractivity contribution in [3.8, 4) is 11.5 Å². The van der Waals surface area contributed by atoms with E-state index in [4.69, 9.17) is 10.1 Å². The Morgan fingerprint density at radius 3 is 2.70 bits per heavy atom. The van der Waals surface area contributed by atoms with E-state index in [0.29, 0.717) is 6.04 Å². The molecule has 7 heteroatoms. The summed E-state index contributed by atoms with van der Waals surface area (Å²) in [7, 11) is 1.67. The maximum Gasteiger partial charge on any atom is 0.266 e. The van der Waals surface area contributed by atoms with Crippen LogP contribution < -0.4 is 5.56 Å². The van der Waals surface area contributed by atoms with Crippen molar-refractivity contribution in [2.75, 3.05) is 12.0 Å². The van der Waals surface area contributed by atoms with Gasteiger partial charge < -0.3 is 0 Å². The molecule has 3 rings (SSSR count). The maximum absolute atomic E-state index is 11.6. The second kappa shape index (κ2) is 7.29. The molecule has 2 heterocycles. The Bertz CT molecular complexity index is 718. The number of hydrogen-bond acceptors (Lipinski definition) is 5. The van der Waals surface area contributed by atoms with Crippen molar-refractivity contribution in [2.24, 2.45) is 7.05 Å². The second-order valence-corrected chi connectivity index (χ2v) is 7.00. The third-order valence-electron chi connectivity index (χ3n) is 4.32. The van der Waals surface area contributed by atoms with Gasteiger partial charge in [-0.2, -0.15) is 22.0 Å². The Balaban J connectivity index is 1.99. The molecule has 6 nitrogen and oxygen atoms in total. The van der Waals surface area contributed by atoms with Crippen LogP contribution in [0.4, 0.5) is 0 Å². The summed E-state index contributed by atoms with van der Waals surface area (Å²) in [6, 6.07) is 3.70. The number of aromatic nitrogens is 5. The largest absolute Gasteiger partial charge is 0.268 e. The minimum atomic E-state index is -0.111. The molecule has 0 amide bonds. The fourth-order valence-corrected chi connectivity index (χ4v) is 3.43. The quantitative estimate of drug-likeness (QED) is 0.841. The summed E-state index contributed by atoms with van der Waals surface area (Å²) in [4.78, 5) is 16.3. The van der Waals surface area contributed by atoms with Crippen molar-refractivity contribution >= 4 is 11.8 Å². The van der Waals surface area contributed by atoms with Crippen LogP contribution in [-0.4, -0.2) is 36.6 Å². The lowest BCUT2D eigenvalue weighted by Gasteiger charge is -2.23. The van der Waals surface area contributed by atoms with Crippen molar-refractivity contribution in [1.82, 2.24) is 24.5 Å². The molecule has 1 saturated carbocycles. The van der Waals surface area contributed by atoms with Gasteiger partial charge in [-0.15, -0.1) is 0 Å². The molecule has 0 atom stereocenters. The van der Waals surface area contributed by atoms with Crippen LogP contribution in [0.25, 0.3) is 11.5 Å². The van der Waals surface area contributed by atoms with E-state index in [0.717, 1.165) is 42.4 Å². The van der Waals surface area contributed by atoms with E-state index in [-0.39, 0.29) is 5.56 Å². The molecule has 0 radical (unpaired) electrons. The van der Waals surface area contributed by atoms with Crippen molar-refractivity contribution in [1.29, 1.82) is 0 Å². The average Bonchev–Trinajstić information content (AvgIpc) is 3.00. The predicted molar refractivity (Wildman–Crippen MR) is 92.7 cm³/mol. The third-order valence-corrected chi connectivity index (χ3v) is 4.93. The lowest BCUT2D eigenvalue weighted by Crippen LogP contribution is -2.20. The van der Waals surface area contributed by atoms with Crippen molar-refractivity contribution < 1.29 is 0 Å². The van der Waals surface area contributed by atoms with Crippen LogP contribution in [0.5, 0.6) is 0 Å². The first kappa shape index (κ1) is 16.2. The molecule has 0 saturated heterocycles. The minimum absolute atomic E-state index is 0.111. The first-order chi connectivity index (χ1) is 11.2. The summed E-state index contributed by atoms with van der Waals surface area (Å²) in [5.74, 6) is 2.67. The first-order valence-corrected chi connectivity index (χ1v) is 9.57. The van der Waals surface area contributed by atoms with Crippen LogP contribution >= 0.6 is 11.8 Å². The van der Waals surface area contributed by atoms with Crippen molar-refractivity contribution in [3.05, 3.63) is 28.3 Å². The van der Waals surface area contributed by atoms with E-state index in [2.05, 4.69) is 16.0 Å². The van der Waals surface area contributed by atoms with Gasteiger partial charge in [0.1, 0.15) is 5.69 Å². The predicted octanol–water partition coefficient (Wildman–Crippen LogP) is 2.45. The molecule has 0 spiro atoms. The molecular formula is C16H23N5OS. The van der Waals surface area contributed by atoms with Crippen LogP contribution in [0.1, 0.15) is 44.0 Å². The first-order valence-electron chi connectivity index (χ1n) is 8.18. The van der Waals surface area contributed by atoms with Crippen LogP contribution in [0, 0.1) is 0 Å². The molecule has 1 fully saturated rings. The van der Waals surface area contributed by atoms with Gasteiger partial charge in [0.2, 0.25) is 0 Å². The Morgan fingerprint density at radius 1 is 1.22 bits per heavy atom. The van der Waals surface area contributed by atoms with Crippen LogP contribution in [-0.2, 0) is 13.5 Å². The highest BCUT2D eigenvalue weighted by molar-refractivity contribution is 7.98. The number of rotatable bonds is 5. The van der Waals surface area contributed by atoms with Crippen LogP contribution in [0.3, 0.4) is 0 Å². The van der Waals surface area contributed by atoms with Gasteiger partial charge in [0.05, 0.1) is 6.04 Å².